The Morgan fingerprint density at radius 3 is 3.12 bits per heavy atom. The lowest BCUT2D eigenvalue weighted by atomic mass is 10.0. The summed E-state index contributed by atoms with van der Waals surface area (Å²) in [5, 5.41) is 7.62. The van der Waals surface area contributed by atoms with E-state index in [9.17, 15) is 9.59 Å². The molecule has 0 radical (unpaired) electrons. The molecule has 134 valence electrons. The molecule has 3 aromatic rings. The molecule has 3 heterocycles. The molecule has 8 heteroatoms. The number of amides is 1. The largest absolute Gasteiger partial charge is 0.349 e. The van der Waals surface area contributed by atoms with Gasteiger partial charge in [-0.1, -0.05) is 18.2 Å². The number of nitrogens with zero attached hydrogens (tertiary/aromatic N) is 4. The van der Waals surface area contributed by atoms with Gasteiger partial charge >= 0.3 is 0 Å². The third-order valence-corrected chi connectivity index (χ3v) is 5.71. The van der Waals surface area contributed by atoms with Gasteiger partial charge in [-0.3, -0.25) is 18.8 Å². The van der Waals surface area contributed by atoms with Crippen molar-refractivity contribution >= 4 is 28.7 Å². The van der Waals surface area contributed by atoms with Crippen LogP contribution < -0.4 is 10.9 Å². The minimum atomic E-state index is -0.171. The van der Waals surface area contributed by atoms with Crippen molar-refractivity contribution < 1.29 is 4.79 Å². The number of aryl methyl sites for hydroxylation is 2. The zero-order valence-electron chi connectivity index (χ0n) is 14.4. The van der Waals surface area contributed by atoms with Gasteiger partial charge in [0.15, 0.2) is 5.65 Å². The molecule has 0 unspecified atom stereocenters. The van der Waals surface area contributed by atoms with Crippen LogP contribution in [0, 0.1) is 0 Å². The van der Waals surface area contributed by atoms with E-state index in [1.807, 2.05) is 23.9 Å². The molecule has 0 fully saturated rings. The number of carbonyl (C=O) groups excluding carboxylic acids is 1. The highest BCUT2D eigenvalue weighted by Gasteiger charge is 2.21. The zero-order chi connectivity index (χ0) is 18.1. The van der Waals surface area contributed by atoms with E-state index in [2.05, 4.69) is 27.5 Å². The van der Waals surface area contributed by atoms with Crippen LogP contribution in [-0.4, -0.2) is 31.0 Å². The first-order chi connectivity index (χ1) is 12.6. The minimum absolute atomic E-state index is 0.0376. The van der Waals surface area contributed by atoms with E-state index in [1.54, 1.807) is 11.7 Å². The van der Waals surface area contributed by atoms with Crippen LogP contribution in [0.2, 0.25) is 0 Å². The van der Waals surface area contributed by atoms with Crippen molar-refractivity contribution in [1.29, 1.82) is 0 Å². The fraction of sp³-hybridized carbons (Fsp3) is 0.333. The molecular formula is C18H19N5O2S. The number of nitrogens with one attached hydrogen (secondary N) is 1. The smallest absolute Gasteiger partial charge is 0.264 e. The first kappa shape index (κ1) is 16.8. The number of rotatable bonds is 4. The monoisotopic (exact) mass is 369 g/mol. The molecular weight excluding hydrogens is 350 g/mol. The molecule has 0 spiro atoms. The summed E-state index contributed by atoms with van der Waals surface area (Å²) in [6, 6.07) is 8.21. The summed E-state index contributed by atoms with van der Waals surface area (Å²) in [7, 11) is 1.74. The molecule has 4 rings (SSSR count). The molecule has 1 aliphatic heterocycles. The maximum Gasteiger partial charge on any atom is 0.264 e. The first-order valence-electron chi connectivity index (χ1n) is 8.52. The fourth-order valence-electron chi connectivity index (χ4n) is 3.21. The number of hydrogen-bond donors (Lipinski definition) is 1. The molecule has 1 atom stereocenters. The summed E-state index contributed by atoms with van der Waals surface area (Å²) >= 11 is 1.82. The van der Waals surface area contributed by atoms with E-state index < -0.39 is 0 Å². The van der Waals surface area contributed by atoms with Crippen molar-refractivity contribution in [3.05, 3.63) is 52.7 Å². The maximum atomic E-state index is 12.4. The number of carbonyl (C=O) groups is 1. The zero-order valence-corrected chi connectivity index (χ0v) is 15.2. The Hall–Kier alpha value is -2.61. The van der Waals surface area contributed by atoms with E-state index in [0.717, 1.165) is 12.2 Å². The third kappa shape index (κ3) is 3.12. The second kappa shape index (κ2) is 6.95. The summed E-state index contributed by atoms with van der Waals surface area (Å²) in [6.07, 6.45) is 4.14. The van der Waals surface area contributed by atoms with Gasteiger partial charge in [0.2, 0.25) is 5.91 Å². The number of thioether (sulfide) groups is 1. The predicted octanol–water partition coefficient (Wildman–Crippen LogP) is 1.87. The summed E-state index contributed by atoms with van der Waals surface area (Å²) < 4.78 is 3.03. The maximum absolute atomic E-state index is 12.4. The molecule has 1 N–H and O–H groups in total. The molecule has 1 aliphatic rings. The molecule has 0 saturated heterocycles. The van der Waals surface area contributed by atoms with Crippen LogP contribution in [-0.2, 0) is 18.4 Å². The summed E-state index contributed by atoms with van der Waals surface area (Å²) in [4.78, 5) is 30.3. The van der Waals surface area contributed by atoms with Gasteiger partial charge in [0.25, 0.3) is 5.56 Å². The number of benzene rings is 1. The van der Waals surface area contributed by atoms with Gasteiger partial charge in [0.05, 0.1) is 18.6 Å². The fourth-order valence-corrected chi connectivity index (χ4v) is 4.33. The Kier molecular flexibility index (Phi) is 4.50. The first-order valence-corrected chi connectivity index (χ1v) is 9.50. The minimum Gasteiger partial charge on any atom is -0.349 e. The lowest BCUT2D eigenvalue weighted by molar-refractivity contribution is -0.122. The average molecular weight is 369 g/mol. The molecule has 26 heavy (non-hydrogen) atoms. The molecule has 2 aromatic heterocycles. The second-order valence-corrected chi connectivity index (χ2v) is 7.43. The summed E-state index contributed by atoms with van der Waals surface area (Å²) in [5.74, 6) is 0.929. The average Bonchev–Trinajstić information content (AvgIpc) is 3.03. The van der Waals surface area contributed by atoms with E-state index in [4.69, 9.17) is 0 Å². The van der Waals surface area contributed by atoms with Crippen molar-refractivity contribution in [3.8, 4) is 0 Å². The van der Waals surface area contributed by atoms with E-state index >= 15 is 0 Å². The van der Waals surface area contributed by atoms with Crippen LogP contribution in [0.15, 0.2) is 46.5 Å². The van der Waals surface area contributed by atoms with Gasteiger partial charge in [0, 0.05) is 30.7 Å². The van der Waals surface area contributed by atoms with Crippen LogP contribution in [0.3, 0.4) is 0 Å². The molecule has 1 aromatic carbocycles. The SMILES string of the molecule is Cn1ncc2c(=O)n(CCC(=O)N[C@H]3CCSc4ccccc43)cnc21. The van der Waals surface area contributed by atoms with Crippen LogP contribution in [0.4, 0.5) is 0 Å². The standard InChI is InChI=1S/C18H19N5O2S/c1-22-17-13(10-20-22)18(25)23(11-19-17)8-6-16(24)21-14-7-9-26-15-5-3-2-4-12(14)15/h2-5,10-11,14H,6-9H2,1H3,(H,21,24)/t14-/m0/s1. The van der Waals surface area contributed by atoms with Gasteiger partial charge in [-0.15, -0.1) is 11.8 Å². The lowest BCUT2D eigenvalue weighted by Gasteiger charge is -2.25. The number of fused-ring (bicyclic) bond motifs is 2. The second-order valence-electron chi connectivity index (χ2n) is 6.29. The van der Waals surface area contributed by atoms with Gasteiger partial charge in [-0.05, 0) is 18.1 Å². The van der Waals surface area contributed by atoms with Crippen molar-refractivity contribution in [3.63, 3.8) is 0 Å². The van der Waals surface area contributed by atoms with Crippen LogP contribution in [0.1, 0.15) is 24.4 Å². The Labute approximate surface area is 154 Å². The highest BCUT2D eigenvalue weighted by atomic mass is 32.2. The van der Waals surface area contributed by atoms with Gasteiger partial charge in [0.1, 0.15) is 5.39 Å². The molecule has 7 nitrogen and oxygen atoms in total. The van der Waals surface area contributed by atoms with Crippen molar-refractivity contribution in [1.82, 2.24) is 24.6 Å². The van der Waals surface area contributed by atoms with Gasteiger partial charge < -0.3 is 5.32 Å². The molecule has 1 amide bonds. The Balaban J connectivity index is 1.44. The van der Waals surface area contributed by atoms with Crippen molar-refractivity contribution in [2.75, 3.05) is 5.75 Å². The Morgan fingerprint density at radius 1 is 1.38 bits per heavy atom. The predicted molar refractivity (Wildman–Crippen MR) is 100 cm³/mol. The third-order valence-electron chi connectivity index (χ3n) is 4.59. The highest BCUT2D eigenvalue weighted by molar-refractivity contribution is 7.99. The summed E-state index contributed by atoms with van der Waals surface area (Å²) in [6.45, 7) is 0.297. The highest BCUT2D eigenvalue weighted by Crippen LogP contribution is 2.35. The topological polar surface area (TPSA) is 81.8 Å². The van der Waals surface area contributed by atoms with Crippen molar-refractivity contribution in [2.24, 2.45) is 7.05 Å². The number of hydrogen-bond acceptors (Lipinski definition) is 5. The molecule has 0 saturated carbocycles. The van der Waals surface area contributed by atoms with Crippen LogP contribution in [0.5, 0.6) is 0 Å². The normalized spacial score (nSPS) is 16.4. The quantitative estimate of drug-likeness (QED) is 0.759. The van der Waals surface area contributed by atoms with Crippen molar-refractivity contribution in [2.45, 2.75) is 30.3 Å². The van der Waals surface area contributed by atoms with E-state index in [-0.39, 0.29) is 23.9 Å². The van der Waals surface area contributed by atoms with Crippen LogP contribution in [0.25, 0.3) is 11.0 Å². The van der Waals surface area contributed by atoms with E-state index in [1.165, 1.54) is 27.6 Å². The summed E-state index contributed by atoms with van der Waals surface area (Å²) in [5.41, 5.74) is 1.55. The molecule has 0 aliphatic carbocycles. The van der Waals surface area contributed by atoms with Gasteiger partial charge in [-0.25, -0.2) is 4.98 Å². The van der Waals surface area contributed by atoms with Gasteiger partial charge in [-0.2, -0.15) is 5.10 Å². The number of aromatic nitrogens is 4. The lowest BCUT2D eigenvalue weighted by Crippen LogP contribution is -2.32. The van der Waals surface area contributed by atoms with Crippen LogP contribution >= 0.6 is 11.8 Å². The Bertz CT molecular complexity index is 1030. The van der Waals surface area contributed by atoms with E-state index in [0.29, 0.717) is 17.6 Å². The molecule has 0 bridgehead atoms. The Morgan fingerprint density at radius 2 is 2.23 bits per heavy atom.